The van der Waals surface area contributed by atoms with E-state index in [1.54, 1.807) is 12.3 Å². The fourth-order valence-corrected chi connectivity index (χ4v) is 1.48. The first-order chi connectivity index (χ1) is 7.65. The minimum absolute atomic E-state index is 0.101. The van der Waals surface area contributed by atoms with Gasteiger partial charge in [0.05, 0.1) is 6.42 Å². The quantitative estimate of drug-likeness (QED) is 0.743. The van der Waals surface area contributed by atoms with Gasteiger partial charge in [-0.2, -0.15) is 0 Å². The summed E-state index contributed by atoms with van der Waals surface area (Å²) in [5.41, 5.74) is 1.04. The average molecular weight is 220 g/mol. The number of rotatable bonds is 6. The molecule has 4 heteroatoms. The summed E-state index contributed by atoms with van der Waals surface area (Å²) >= 11 is 0. The van der Waals surface area contributed by atoms with Crippen molar-refractivity contribution in [2.24, 2.45) is 0 Å². The van der Waals surface area contributed by atoms with E-state index < -0.39 is 5.97 Å². The van der Waals surface area contributed by atoms with Gasteiger partial charge in [0, 0.05) is 19.3 Å². The summed E-state index contributed by atoms with van der Waals surface area (Å²) in [7, 11) is 0. The van der Waals surface area contributed by atoms with E-state index in [4.69, 9.17) is 5.11 Å². The molecule has 1 aromatic heterocycles. The van der Waals surface area contributed by atoms with Crippen LogP contribution in [0.25, 0.3) is 0 Å². The van der Waals surface area contributed by atoms with Crippen molar-refractivity contribution < 1.29 is 9.90 Å². The second-order valence-electron chi connectivity index (χ2n) is 3.52. The number of nitrogens with zero attached hydrogens (tertiary/aromatic N) is 2. The maximum absolute atomic E-state index is 10.6. The van der Waals surface area contributed by atoms with Gasteiger partial charge in [-0.05, 0) is 18.6 Å². The Bertz CT molecular complexity index is 377. The lowest BCUT2D eigenvalue weighted by molar-refractivity contribution is -0.136. The Balaban J connectivity index is 2.80. The average Bonchev–Trinajstić information content (AvgIpc) is 2.25. The van der Waals surface area contributed by atoms with Crippen molar-refractivity contribution in [3.05, 3.63) is 36.5 Å². The van der Waals surface area contributed by atoms with E-state index in [-0.39, 0.29) is 6.42 Å². The van der Waals surface area contributed by atoms with E-state index >= 15 is 0 Å². The van der Waals surface area contributed by atoms with Gasteiger partial charge in [0.2, 0.25) is 0 Å². The van der Waals surface area contributed by atoms with Gasteiger partial charge in [-0.1, -0.05) is 12.1 Å². The van der Waals surface area contributed by atoms with Crippen LogP contribution in [-0.2, 0) is 4.79 Å². The van der Waals surface area contributed by atoms with Gasteiger partial charge in [-0.15, -0.1) is 6.58 Å². The van der Waals surface area contributed by atoms with Crippen molar-refractivity contribution >= 4 is 11.8 Å². The van der Waals surface area contributed by atoms with Gasteiger partial charge in [-0.25, -0.2) is 4.98 Å². The van der Waals surface area contributed by atoms with Crippen molar-refractivity contribution in [3.8, 4) is 0 Å². The van der Waals surface area contributed by atoms with Crippen molar-refractivity contribution in [1.82, 2.24) is 4.98 Å². The lowest BCUT2D eigenvalue weighted by Crippen LogP contribution is -2.27. The molecule has 16 heavy (non-hydrogen) atoms. The maximum Gasteiger partial charge on any atom is 0.305 e. The highest BCUT2D eigenvalue weighted by atomic mass is 16.4. The van der Waals surface area contributed by atoms with Crippen LogP contribution in [0.4, 0.5) is 5.82 Å². The number of hydrogen-bond donors (Lipinski definition) is 1. The Hall–Kier alpha value is -1.84. The number of pyridine rings is 1. The van der Waals surface area contributed by atoms with Crippen LogP contribution in [0.15, 0.2) is 31.0 Å². The predicted octanol–water partition coefficient (Wildman–Crippen LogP) is 1.86. The fourth-order valence-electron chi connectivity index (χ4n) is 1.48. The molecule has 0 atom stereocenters. The Morgan fingerprint density at radius 2 is 2.44 bits per heavy atom. The summed E-state index contributed by atoms with van der Waals surface area (Å²) in [5.74, 6) is 0.0197. The number of carboxylic acid groups (broad SMARTS) is 1. The molecule has 4 nitrogen and oxygen atoms in total. The standard InChI is InChI=1S/C12H16N2O2/c1-3-8-14(9-6-11(15)16)12-10(2)5-4-7-13-12/h3-5,7H,1,6,8-9H2,2H3,(H,15,16). The third-order valence-electron chi connectivity index (χ3n) is 2.23. The zero-order chi connectivity index (χ0) is 12.0. The molecule has 0 aliphatic heterocycles. The van der Waals surface area contributed by atoms with Crippen LogP contribution in [0.1, 0.15) is 12.0 Å². The van der Waals surface area contributed by atoms with Crippen molar-refractivity contribution in [2.75, 3.05) is 18.0 Å². The molecular formula is C12H16N2O2. The SMILES string of the molecule is C=CCN(CCC(=O)O)c1ncccc1C. The van der Waals surface area contributed by atoms with Crippen molar-refractivity contribution in [2.45, 2.75) is 13.3 Å². The summed E-state index contributed by atoms with van der Waals surface area (Å²) in [6, 6.07) is 3.82. The topological polar surface area (TPSA) is 53.4 Å². The molecule has 0 aliphatic carbocycles. The van der Waals surface area contributed by atoms with Crippen LogP contribution in [-0.4, -0.2) is 29.1 Å². The molecule has 86 valence electrons. The predicted molar refractivity (Wildman–Crippen MR) is 63.6 cm³/mol. The molecule has 1 heterocycles. The van der Waals surface area contributed by atoms with E-state index in [1.807, 2.05) is 24.0 Å². The van der Waals surface area contributed by atoms with E-state index in [1.165, 1.54) is 0 Å². The molecule has 0 bridgehead atoms. The summed E-state index contributed by atoms with van der Waals surface area (Å²) in [6.45, 7) is 6.67. The van der Waals surface area contributed by atoms with Crippen LogP contribution in [0.3, 0.4) is 0 Å². The van der Waals surface area contributed by atoms with Crippen LogP contribution in [0.2, 0.25) is 0 Å². The van der Waals surface area contributed by atoms with E-state index in [2.05, 4.69) is 11.6 Å². The van der Waals surface area contributed by atoms with E-state index in [9.17, 15) is 4.79 Å². The lowest BCUT2D eigenvalue weighted by Gasteiger charge is -2.22. The first-order valence-electron chi connectivity index (χ1n) is 5.14. The number of aryl methyl sites for hydroxylation is 1. The summed E-state index contributed by atoms with van der Waals surface area (Å²) in [4.78, 5) is 16.7. The van der Waals surface area contributed by atoms with Gasteiger partial charge in [0.15, 0.2) is 0 Å². The zero-order valence-corrected chi connectivity index (χ0v) is 9.39. The fraction of sp³-hybridized carbons (Fsp3) is 0.333. The Morgan fingerprint density at radius 1 is 1.69 bits per heavy atom. The molecule has 0 radical (unpaired) electrons. The normalized spacial score (nSPS) is 9.81. The van der Waals surface area contributed by atoms with Gasteiger partial charge in [0.1, 0.15) is 5.82 Å². The molecule has 0 saturated carbocycles. The number of carbonyl (C=O) groups is 1. The third kappa shape index (κ3) is 3.38. The van der Waals surface area contributed by atoms with Gasteiger partial charge in [-0.3, -0.25) is 4.79 Å². The largest absolute Gasteiger partial charge is 0.481 e. The number of anilines is 1. The molecule has 0 spiro atoms. The van der Waals surface area contributed by atoms with Crippen LogP contribution < -0.4 is 4.90 Å². The number of aliphatic carboxylic acids is 1. The van der Waals surface area contributed by atoms with Crippen LogP contribution >= 0.6 is 0 Å². The van der Waals surface area contributed by atoms with Gasteiger partial charge in [0.25, 0.3) is 0 Å². The van der Waals surface area contributed by atoms with Crippen LogP contribution in [0.5, 0.6) is 0 Å². The molecule has 0 fully saturated rings. The first kappa shape index (κ1) is 12.2. The molecule has 1 aromatic rings. The Kier molecular flexibility index (Phi) is 4.51. The molecule has 0 unspecified atom stereocenters. The summed E-state index contributed by atoms with van der Waals surface area (Å²) < 4.78 is 0. The summed E-state index contributed by atoms with van der Waals surface area (Å²) in [5, 5.41) is 8.67. The second-order valence-corrected chi connectivity index (χ2v) is 3.52. The molecule has 0 aliphatic rings. The Morgan fingerprint density at radius 3 is 3.00 bits per heavy atom. The highest BCUT2D eigenvalue weighted by Crippen LogP contribution is 2.15. The minimum atomic E-state index is -0.803. The van der Waals surface area contributed by atoms with Gasteiger partial charge >= 0.3 is 5.97 Å². The summed E-state index contributed by atoms with van der Waals surface area (Å²) in [6.07, 6.45) is 3.55. The number of hydrogen-bond acceptors (Lipinski definition) is 3. The second kappa shape index (κ2) is 5.90. The van der Waals surface area contributed by atoms with E-state index in [0.717, 1.165) is 11.4 Å². The highest BCUT2D eigenvalue weighted by molar-refractivity contribution is 5.67. The van der Waals surface area contributed by atoms with E-state index in [0.29, 0.717) is 13.1 Å². The number of aromatic nitrogens is 1. The third-order valence-corrected chi connectivity index (χ3v) is 2.23. The molecular weight excluding hydrogens is 204 g/mol. The van der Waals surface area contributed by atoms with Crippen LogP contribution in [0, 0.1) is 6.92 Å². The monoisotopic (exact) mass is 220 g/mol. The molecule has 0 amide bonds. The minimum Gasteiger partial charge on any atom is -0.481 e. The molecule has 0 aromatic carbocycles. The maximum atomic E-state index is 10.6. The van der Waals surface area contributed by atoms with Crippen molar-refractivity contribution in [3.63, 3.8) is 0 Å². The zero-order valence-electron chi connectivity index (χ0n) is 9.39. The molecule has 1 rings (SSSR count). The highest BCUT2D eigenvalue weighted by Gasteiger charge is 2.10. The Labute approximate surface area is 95.2 Å². The lowest BCUT2D eigenvalue weighted by atomic mass is 10.2. The molecule has 0 saturated heterocycles. The van der Waals surface area contributed by atoms with Crippen molar-refractivity contribution in [1.29, 1.82) is 0 Å². The first-order valence-corrected chi connectivity index (χ1v) is 5.14. The smallest absolute Gasteiger partial charge is 0.305 e. The van der Waals surface area contributed by atoms with Gasteiger partial charge < -0.3 is 10.0 Å². The number of carboxylic acids is 1. The molecule has 1 N–H and O–H groups in total.